The van der Waals surface area contributed by atoms with Gasteiger partial charge in [-0.3, -0.25) is 0 Å². The van der Waals surface area contributed by atoms with E-state index in [2.05, 4.69) is 14.9 Å². The van der Waals surface area contributed by atoms with Gasteiger partial charge in [-0.2, -0.15) is 4.98 Å². The number of nitrogens with zero attached hydrogens (tertiary/aromatic N) is 4. The third kappa shape index (κ3) is 2.88. The lowest BCUT2D eigenvalue weighted by atomic mass is 10.2. The molecule has 128 valence electrons. The van der Waals surface area contributed by atoms with Gasteiger partial charge in [0.05, 0.1) is 29.3 Å². The molecule has 1 saturated heterocycles. The Morgan fingerprint density at radius 2 is 1.84 bits per heavy atom. The van der Waals surface area contributed by atoms with E-state index in [0.29, 0.717) is 48.5 Å². The van der Waals surface area contributed by atoms with Crippen LogP contribution >= 0.6 is 11.6 Å². The molecule has 1 aliphatic heterocycles. The Balaban J connectivity index is 2.02. The summed E-state index contributed by atoms with van der Waals surface area (Å²) < 4.78 is 6.89. The minimum Gasteiger partial charge on any atom is -0.378 e. The van der Waals surface area contributed by atoms with Gasteiger partial charge in [0.15, 0.2) is 5.65 Å². The Bertz CT molecular complexity index is 996. The zero-order valence-corrected chi connectivity index (χ0v) is 14.5. The van der Waals surface area contributed by atoms with Crippen molar-refractivity contribution in [2.24, 2.45) is 0 Å². The quantitative estimate of drug-likeness (QED) is 0.706. The Morgan fingerprint density at radius 1 is 1.08 bits per heavy atom. The lowest BCUT2D eigenvalue weighted by Gasteiger charge is -2.28. The van der Waals surface area contributed by atoms with Crippen molar-refractivity contribution in [3.63, 3.8) is 0 Å². The maximum Gasteiger partial charge on any atom is 0.355 e. The molecule has 0 aliphatic carbocycles. The first-order valence-corrected chi connectivity index (χ1v) is 8.51. The van der Waals surface area contributed by atoms with E-state index in [4.69, 9.17) is 16.3 Å². The summed E-state index contributed by atoms with van der Waals surface area (Å²) in [4.78, 5) is 23.9. The number of pyridine rings is 1. The molecule has 1 aromatic carbocycles. The molecule has 0 atom stereocenters. The largest absolute Gasteiger partial charge is 0.378 e. The van der Waals surface area contributed by atoms with Crippen LogP contribution in [0.1, 0.15) is 5.69 Å². The van der Waals surface area contributed by atoms with Crippen LogP contribution in [-0.2, 0) is 4.74 Å². The minimum atomic E-state index is -0.389. The molecule has 4 rings (SSSR count). The average molecular weight is 357 g/mol. The number of ether oxygens (including phenoxy) is 1. The SMILES string of the molecule is Cc1ccc2c(N3CCOCC3)nc(=O)n(-c3ccccc3Cl)c2n1. The minimum absolute atomic E-state index is 0.389. The summed E-state index contributed by atoms with van der Waals surface area (Å²) in [6.45, 7) is 4.54. The summed E-state index contributed by atoms with van der Waals surface area (Å²) in [6.07, 6.45) is 0. The van der Waals surface area contributed by atoms with Crippen molar-refractivity contribution in [1.29, 1.82) is 0 Å². The molecule has 3 heterocycles. The van der Waals surface area contributed by atoms with Crippen LogP contribution in [0.25, 0.3) is 16.7 Å². The fourth-order valence-corrected chi connectivity index (χ4v) is 3.27. The highest BCUT2D eigenvalue weighted by Gasteiger charge is 2.20. The molecular formula is C18H17ClN4O2. The number of hydrogen-bond acceptors (Lipinski definition) is 5. The van der Waals surface area contributed by atoms with Crippen LogP contribution in [0, 0.1) is 6.92 Å². The van der Waals surface area contributed by atoms with Crippen molar-refractivity contribution in [2.45, 2.75) is 6.92 Å². The van der Waals surface area contributed by atoms with Crippen LogP contribution in [0.5, 0.6) is 0 Å². The normalized spacial score (nSPS) is 14.9. The van der Waals surface area contributed by atoms with E-state index in [9.17, 15) is 4.79 Å². The van der Waals surface area contributed by atoms with Gasteiger partial charge in [-0.1, -0.05) is 23.7 Å². The van der Waals surface area contributed by atoms with Crippen molar-refractivity contribution < 1.29 is 4.74 Å². The highest BCUT2D eigenvalue weighted by Crippen LogP contribution is 2.27. The van der Waals surface area contributed by atoms with Gasteiger partial charge in [0.2, 0.25) is 0 Å². The Morgan fingerprint density at radius 3 is 2.60 bits per heavy atom. The van der Waals surface area contributed by atoms with Gasteiger partial charge >= 0.3 is 5.69 Å². The lowest BCUT2D eigenvalue weighted by molar-refractivity contribution is 0.122. The summed E-state index contributed by atoms with van der Waals surface area (Å²) in [5.74, 6) is 0.652. The van der Waals surface area contributed by atoms with E-state index < -0.39 is 0 Å². The molecule has 7 heteroatoms. The monoisotopic (exact) mass is 356 g/mol. The van der Waals surface area contributed by atoms with E-state index in [1.54, 1.807) is 12.1 Å². The molecule has 25 heavy (non-hydrogen) atoms. The van der Waals surface area contributed by atoms with Crippen LogP contribution < -0.4 is 10.6 Å². The van der Waals surface area contributed by atoms with Gasteiger partial charge in [0, 0.05) is 18.8 Å². The molecule has 0 N–H and O–H groups in total. The zero-order valence-electron chi connectivity index (χ0n) is 13.8. The van der Waals surface area contributed by atoms with Crippen LogP contribution in [0.4, 0.5) is 5.82 Å². The number of aryl methyl sites for hydroxylation is 1. The van der Waals surface area contributed by atoms with E-state index in [-0.39, 0.29) is 5.69 Å². The second-order valence-electron chi connectivity index (χ2n) is 5.93. The molecule has 6 nitrogen and oxygen atoms in total. The Kier molecular flexibility index (Phi) is 4.15. The lowest BCUT2D eigenvalue weighted by Crippen LogP contribution is -2.38. The van der Waals surface area contributed by atoms with E-state index >= 15 is 0 Å². The van der Waals surface area contributed by atoms with Crippen molar-refractivity contribution in [3.05, 3.63) is 57.6 Å². The van der Waals surface area contributed by atoms with Crippen LogP contribution in [0.3, 0.4) is 0 Å². The van der Waals surface area contributed by atoms with E-state index in [0.717, 1.165) is 11.1 Å². The summed E-state index contributed by atoms with van der Waals surface area (Å²) in [7, 11) is 0. The molecule has 0 bridgehead atoms. The number of hydrogen-bond donors (Lipinski definition) is 0. The standard InChI is InChI=1S/C18H17ClN4O2/c1-12-6-7-13-16(22-8-10-25-11-9-22)21-18(24)23(17(13)20-12)15-5-3-2-4-14(15)19/h2-7H,8-11H2,1H3. The summed E-state index contributed by atoms with van der Waals surface area (Å²) in [6, 6.07) is 11.1. The fraction of sp³-hybridized carbons (Fsp3) is 0.278. The van der Waals surface area contributed by atoms with Gasteiger partial charge in [0.1, 0.15) is 5.82 Å². The maximum absolute atomic E-state index is 12.9. The number of para-hydroxylation sites is 1. The number of morpholine rings is 1. The second-order valence-corrected chi connectivity index (χ2v) is 6.34. The Labute approximate surface area is 149 Å². The smallest absolute Gasteiger partial charge is 0.355 e. The first kappa shape index (κ1) is 16.1. The van der Waals surface area contributed by atoms with Crippen molar-refractivity contribution in [3.8, 4) is 5.69 Å². The van der Waals surface area contributed by atoms with E-state index in [1.165, 1.54) is 4.57 Å². The van der Waals surface area contributed by atoms with Gasteiger partial charge in [-0.05, 0) is 31.2 Å². The van der Waals surface area contributed by atoms with Crippen molar-refractivity contribution in [2.75, 3.05) is 31.2 Å². The molecule has 0 spiro atoms. The second kappa shape index (κ2) is 6.46. The molecule has 1 fully saturated rings. The van der Waals surface area contributed by atoms with Gasteiger partial charge < -0.3 is 9.64 Å². The number of aromatic nitrogens is 3. The third-order valence-electron chi connectivity index (χ3n) is 4.26. The third-order valence-corrected chi connectivity index (χ3v) is 4.58. The number of halogens is 1. The van der Waals surface area contributed by atoms with Crippen molar-refractivity contribution >= 4 is 28.5 Å². The molecule has 0 amide bonds. The van der Waals surface area contributed by atoms with Crippen LogP contribution in [0.15, 0.2) is 41.2 Å². The fourth-order valence-electron chi connectivity index (χ4n) is 3.05. The van der Waals surface area contributed by atoms with Crippen LogP contribution in [0.2, 0.25) is 5.02 Å². The predicted octanol–water partition coefficient (Wildman–Crippen LogP) is 2.58. The summed E-state index contributed by atoms with van der Waals surface area (Å²) in [5.41, 5.74) is 1.58. The Hall–Kier alpha value is -2.44. The topological polar surface area (TPSA) is 60.2 Å². The molecule has 0 saturated carbocycles. The zero-order chi connectivity index (χ0) is 17.4. The summed E-state index contributed by atoms with van der Waals surface area (Å²) >= 11 is 6.32. The number of anilines is 1. The van der Waals surface area contributed by atoms with Gasteiger partial charge in [-0.15, -0.1) is 0 Å². The number of benzene rings is 1. The molecule has 0 radical (unpaired) electrons. The van der Waals surface area contributed by atoms with E-state index in [1.807, 2.05) is 31.2 Å². The van der Waals surface area contributed by atoms with Gasteiger partial charge in [0.25, 0.3) is 0 Å². The van der Waals surface area contributed by atoms with Gasteiger partial charge in [-0.25, -0.2) is 14.3 Å². The first-order chi connectivity index (χ1) is 12.1. The number of rotatable bonds is 2. The van der Waals surface area contributed by atoms with Crippen molar-refractivity contribution in [1.82, 2.24) is 14.5 Å². The van der Waals surface area contributed by atoms with Crippen LogP contribution in [-0.4, -0.2) is 40.8 Å². The molecular weight excluding hydrogens is 340 g/mol. The summed E-state index contributed by atoms with van der Waals surface area (Å²) in [5, 5.41) is 1.31. The molecule has 2 aromatic heterocycles. The molecule has 1 aliphatic rings. The highest BCUT2D eigenvalue weighted by atomic mass is 35.5. The first-order valence-electron chi connectivity index (χ1n) is 8.13. The average Bonchev–Trinajstić information content (AvgIpc) is 2.63. The highest BCUT2D eigenvalue weighted by molar-refractivity contribution is 6.32. The molecule has 0 unspecified atom stereocenters. The number of fused-ring (bicyclic) bond motifs is 1. The maximum atomic E-state index is 12.9. The predicted molar refractivity (Wildman–Crippen MR) is 97.9 cm³/mol. The molecule has 3 aromatic rings.